The molecule has 0 unspecified atom stereocenters. The van der Waals surface area contributed by atoms with Crippen LogP contribution in [0.4, 0.5) is 0 Å². The average molecular weight is 480 g/mol. The fourth-order valence-electron chi connectivity index (χ4n) is 5.47. The molecule has 6 fully saturated rings. The zero-order valence-corrected chi connectivity index (χ0v) is 18.5. The van der Waals surface area contributed by atoms with Crippen molar-refractivity contribution < 1.29 is 51.3 Å². The van der Waals surface area contributed by atoms with Crippen LogP contribution < -0.4 is 18.6 Å². The molecule has 4 bridgehead atoms. The molecule has 4 nitrogen and oxygen atoms in total. The van der Waals surface area contributed by atoms with Crippen LogP contribution in [0, 0.1) is 44.7 Å². The van der Waals surface area contributed by atoms with Crippen molar-refractivity contribution >= 4 is 0 Å². The predicted octanol–water partition coefficient (Wildman–Crippen LogP) is 1.24. The Morgan fingerprint density at radius 1 is 0.769 bits per heavy atom. The average Bonchev–Trinajstić information content (AvgIpc) is 2.45. The van der Waals surface area contributed by atoms with Gasteiger partial charge in [-0.1, -0.05) is 52.0 Å². The van der Waals surface area contributed by atoms with Crippen molar-refractivity contribution in [3.8, 4) is 0 Å². The van der Waals surface area contributed by atoms with Gasteiger partial charge in [0.05, 0.1) is 0 Å². The van der Waals surface area contributed by atoms with Crippen LogP contribution in [0.25, 0.3) is 0 Å². The molecule has 6 aliphatic carbocycles. The van der Waals surface area contributed by atoms with E-state index in [9.17, 15) is 0 Å². The molecule has 26 heavy (non-hydrogen) atoms. The maximum Gasteiger partial charge on any atom is 1.00 e. The smallest absolute Gasteiger partial charge is 0.222 e. The molecule has 6 saturated carbocycles. The van der Waals surface area contributed by atoms with E-state index in [0.29, 0.717) is 10.8 Å². The molecular formula is C20H32AgClO4. The van der Waals surface area contributed by atoms with Crippen LogP contribution in [0.3, 0.4) is 0 Å². The van der Waals surface area contributed by atoms with Gasteiger partial charge in [-0.2, -0.15) is 0 Å². The van der Waals surface area contributed by atoms with Crippen molar-refractivity contribution in [2.75, 3.05) is 0 Å². The third-order valence-electron chi connectivity index (χ3n) is 7.55. The zero-order chi connectivity index (χ0) is 19.2. The third kappa shape index (κ3) is 5.24. The SMILES string of the molecule is C=C1CC[C@H]2C[C@@H]1C2(C)C.C=C1CC[C@H]2C[C@@H]1C2(C)C.[Ag+].[O-][Cl+3]([O-])([O-])[O-]. The van der Waals surface area contributed by atoms with Gasteiger partial charge < -0.3 is 0 Å². The van der Waals surface area contributed by atoms with E-state index in [-0.39, 0.29) is 22.4 Å². The molecule has 0 saturated heterocycles. The standard InChI is InChI=1S/2C10H16.Ag.ClHO4/c2*1-7-4-5-8-6-9(7)10(8,2)3;;2-1(3,4)5/h2*8-9H,1,4-6H2,2-3H3;;(H,2,3,4,5)/q;;+1;/p-1/t2*8-,9-;;/m00../s1. The van der Waals surface area contributed by atoms with Gasteiger partial charge in [0.25, 0.3) is 0 Å². The van der Waals surface area contributed by atoms with Crippen LogP contribution in [0.1, 0.15) is 66.2 Å². The third-order valence-corrected chi connectivity index (χ3v) is 7.55. The number of hydrogen-bond donors (Lipinski definition) is 0. The molecule has 0 N–H and O–H groups in total. The summed E-state index contributed by atoms with van der Waals surface area (Å²) in [6.07, 6.45) is 8.29. The van der Waals surface area contributed by atoms with Gasteiger partial charge in [-0.25, -0.2) is 18.6 Å². The second kappa shape index (κ2) is 8.38. The maximum absolute atomic E-state index is 8.49. The molecule has 6 heteroatoms. The van der Waals surface area contributed by atoms with Crippen molar-refractivity contribution in [1.29, 1.82) is 0 Å². The monoisotopic (exact) mass is 478 g/mol. The maximum atomic E-state index is 8.49. The number of halogens is 1. The first-order valence-electron chi connectivity index (χ1n) is 9.21. The molecule has 0 aliphatic heterocycles. The molecule has 4 atom stereocenters. The molecule has 0 heterocycles. The van der Waals surface area contributed by atoms with Gasteiger partial charge in [-0.05, 0) is 73.0 Å². The van der Waals surface area contributed by atoms with Gasteiger partial charge in [-0.3, -0.25) is 0 Å². The molecule has 0 aromatic carbocycles. The second-order valence-electron chi connectivity index (χ2n) is 9.38. The van der Waals surface area contributed by atoms with Crippen LogP contribution in [0.2, 0.25) is 0 Å². The number of allylic oxidation sites excluding steroid dienone is 2. The van der Waals surface area contributed by atoms with Crippen LogP contribution in [-0.4, -0.2) is 0 Å². The Morgan fingerprint density at radius 3 is 1.15 bits per heavy atom. The minimum absolute atomic E-state index is 0. The van der Waals surface area contributed by atoms with Gasteiger partial charge in [0, 0.05) is 0 Å². The quantitative estimate of drug-likeness (QED) is 0.386. The summed E-state index contributed by atoms with van der Waals surface area (Å²) in [5, 5.41) is 0. The van der Waals surface area contributed by atoms with Crippen LogP contribution >= 0.6 is 0 Å². The fraction of sp³-hybridized carbons (Fsp3) is 0.800. The van der Waals surface area contributed by atoms with E-state index in [0.717, 1.165) is 23.7 Å². The number of hydrogen-bond acceptors (Lipinski definition) is 4. The zero-order valence-electron chi connectivity index (χ0n) is 16.3. The van der Waals surface area contributed by atoms with Crippen molar-refractivity contribution in [2.45, 2.75) is 66.2 Å². The summed E-state index contributed by atoms with van der Waals surface area (Å²) in [4.78, 5) is 0. The van der Waals surface area contributed by atoms with Gasteiger partial charge in [0.2, 0.25) is 0 Å². The number of rotatable bonds is 0. The van der Waals surface area contributed by atoms with Gasteiger partial charge >= 0.3 is 22.4 Å². The van der Waals surface area contributed by atoms with Crippen LogP contribution in [0.15, 0.2) is 24.3 Å². The predicted molar refractivity (Wildman–Crippen MR) is 87.5 cm³/mol. The second-order valence-corrected chi connectivity index (χ2v) is 10.1. The first kappa shape index (κ1) is 24.4. The van der Waals surface area contributed by atoms with E-state index in [2.05, 4.69) is 40.9 Å². The summed E-state index contributed by atoms with van der Waals surface area (Å²) >= 11 is 0. The van der Waals surface area contributed by atoms with Crippen LogP contribution in [0.5, 0.6) is 0 Å². The molecule has 6 aliphatic rings. The molecule has 0 radical (unpaired) electrons. The van der Waals surface area contributed by atoms with Gasteiger partial charge in [-0.15, -0.1) is 10.2 Å². The molecule has 0 amide bonds. The van der Waals surface area contributed by atoms with Crippen molar-refractivity contribution in [3.63, 3.8) is 0 Å². The summed E-state index contributed by atoms with van der Waals surface area (Å²) < 4.78 is 34.0. The first-order chi connectivity index (χ1) is 11.2. The Balaban J connectivity index is 0.000000204. The molecule has 154 valence electrons. The van der Waals surface area contributed by atoms with Crippen LogP contribution in [-0.2, 0) is 22.4 Å². The van der Waals surface area contributed by atoms with Crippen molar-refractivity contribution in [3.05, 3.63) is 24.3 Å². The van der Waals surface area contributed by atoms with E-state index in [4.69, 9.17) is 18.6 Å². The van der Waals surface area contributed by atoms with E-state index in [1.165, 1.54) is 49.7 Å². The molecular weight excluding hydrogens is 448 g/mol. The molecule has 0 aromatic rings. The Kier molecular flexibility index (Phi) is 7.86. The Labute approximate surface area is 176 Å². The summed E-state index contributed by atoms with van der Waals surface area (Å²) in [7, 11) is -4.94. The molecule has 6 rings (SSSR count). The first-order valence-corrected chi connectivity index (χ1v) is 10.4. The van der Waals surface area contributed by atoms with Crippen molar-refractivity contribution in [1.82, 2.24) is 0 Å². The summed E-state index contributed by atoms with van der Waals surface area (Å²) in [6, 6.07) is 0. The van der Waals surface area contributed by atoms with E-state index in [1.807, 2.05) is 0 Å². The minimum Gasteiger partial charge on any atom is -0.222 e. The normalized spacial score (nSPS) is 35.2. The van der Waals surface area contributed by atoms with E-state index < -0.39 is 10.2 Å². The fourth-order valence-corrected chi connectivity index (χ4v) is 5.47. The minimum atomic E-state index is -4.94. The van der Waals surface area contributed by atoms with E-state index >= 15 is 0 Å². The molecule has 0 aromatic heterocycles. The Hall–Kier alpha value is 0.350. The largest absolute Gasteiger partial charge is 1.00 e. The summed E-state index contributed by atoms with van der Waals surface area (Å²) in [6.45, 7) is 17.9. The van der Waals surface area contributed by atoms with Gasteiger partial charge in [0.1, 0.15) is 0 Å². The van der Waals surface area contributed by atoms with Gasteiger partial charge in [0.15, 0.2) is 0 Å². The Bertz CT molecular complexity index is 486. The summed E-state index contributed by atoms with van der Waals surface area (Å²) in [5.74, 6) is 3.77. The van der Waals surface area contributed by atoms with E-state index in [1.54, 1.807) is 0 Å². The van der Waals surface area contributed by atoms with Crippen molar-refractivity contribution in [2.24, 2.45) is 34.5 Å². The summed E-state index contributed by atoms with van der Waals surface area (Å²) in [5.41, 5.74) is 4.25. The topological polar surface area (TPSA) is 92.2 Å². The number of fused-ring (bicyclic) bond motifs is 4. The Morgan fingerprint density at radius 2 is 1.04 bits per heavy atom. The molecule has 0 spiro atoms.